The lowest BCUT2D eigenvalue weighted by Crippen LogP contribution is -2.27. The quantitative estimate of drug-likeness (QED) is 0.545. The smallest absolute Gasteiger partial charge is 0.387 e. The van der Waals surface area contributed by atoms with Crippen LogP contribution in [0.25, 0.3) is 10.2 Å². The Kier molecular flexibility index (Phi) is 6.57. The first-order valence-electron chi connectivity index (χ1n) is 9.79. The van der Waals surface area contributed by atoms with E-state index >= 15 is 0 Å². The van der Waals surface area contributed by atoms with Gasteiger partial charge in [0.1, 0.15) is 16.4 Å². The summed E-state index contributed by atoms with van der Waals surface area (Å²) in [6.45, 7) is -2.51. The molecule has 1 aromatic carbocycles. The number of benzene rings is 1. The van der Waals surface area contributed by atoms with E-state index in [1.807, 2.05) is 0 Å². The summed E-state index contributed by atoms with van der Waals surface area (Å²) in [5.74, 6) is 1.26. The largest absolute Gasteiger partial charge is 0.435 e. The van der Waals surface area contributed by atoms with Crippen molar-refractivity contribution in [3.05, 3.63) is 56.4 Å². The molecule has 0 fully saturated rings. The van der Waals surface area contributed by atoms with E-state index in [2.05, 4.69) is 14.7 Å². The van der Waals surface area contributed by atoms with Crippen LogP contribution in [-0.4, -0.2) is 40.2 Å². The van der Waals surface area contributed by atoms with Gasteiger partial charge in [0, 0.05) is 18.5 Å². The third-order valence-electron chi connectivity index (χ3n) is 5.08. The van der Waals surface area contributed by atoms with Crippen LogP contribution in [0.4, 0.5) is 8.78 Å². The highest BCUT2D eigenvalue weighted by Crippen LogP contribution is 2.34. The number of H-pyrrole nitrogens is 1. The van der Waals surface area contributed by atoms with Gasteiger partial charge in [-0.2, -0.15) is 8.78 Å². The number of thioether (sulfide) groups is 1. The molecule has 31 heavy (non-hydrogen) atoms. The third kappa shape index (κ3) is 5.07. The van der Waals surface area contributed by atoms with E-state index in [4.69, 9.17) is 0 Å². The molecule has 0 radical (unpaired) electrons. The molecule has 0 spiro atoms. The summed E-state index contributed by atoms with van der Waals surface area (Å²) in [5.41, 5.74) is 1.87. The molecule has 1 N–H and O–H groups in total. The van der Waals surface area contributed by atoms with Gasteiger partial charge in [-0.25, -0.2) is 4.98 Å². The van der Waals surface area contributed by atoms with Crippen molar-refractivity contribution in [1.29, 1.82) is 0 Å². The number of aromatic amines is 1. The number of hydrogen-bond acceptors (Lipinski definition) is 6. The molecule has 10 heteroatoms. The fraction of sp³-hybridized carbons (Fsp3) is 0.381. The Labute approximate surface area is 185 Å². The molecule has 1 aliphatic rings. The van der Waals surface area contributed by atoms with Gasteiger partial charge in [-0.15, -0.1) is 23.1 Å². The highest BCUT2D eigenvalue weighted by atomic mass is 32.2. The van der Waals surface area contributed by atoms with Crippen LogP contribution in [0.2, 0.25) is 0 Å². The second-order valence-corrected chi connectivity index (χ2v) is 9.38. The Bertz CT molecular complexity index is 1150. The van der Waals surface area contributed by atoms with E-state index in [1.54, 1.807) is 35.4 Å². The SMILES string of the molecule is CN(Cc1ccc(OC(F)F)cc1)C(=O)CSCc1nc2sc3c(c2c(=O)[nH]1)CCC3. The van der Waals surface area contributed by atoms with E-state index in [9.17, 15) is 18.4 Å². The van der Waals surface area contributed by atoms with Crippen LogP contribution in [0.1, 0.15) is 28.2 Å². The molecular weight excluding hydrogens is 444 g/mol. The summed E-state index contributed by atoms with van der Waals surface area (Å²) in [6.07, 6.45) is 3.05. The highest BCUT2D eigenvalue weighted by Gasteiger charge is 2.21. The Morgan fingerprint density at radius 2 is 2.10 bits per heavy atom. The number of ether oxygens (including phenoxy) is 1. The summed E-state index contributed by atoms with van der Waals surface area (Å²) in [5, 5.41) is 0.729. The Morgan fingerprint density at radius 3 is 2.84 bits per heavy atom. The monoisotopic (exact) mass is 465 g/mol. The standard InChI is InChI=1S/C21H21F2N3O3S2/c1-26(9-12-5-7-13(8-6-12)29-21(22)23)17(27)11-30-10-16-24-19(28)18-14-3-2-4-15(14)31-20(18)25-16/h5-8,21H,2-4,9-11H2,1H3,(H,24,25,28). The van der Waals surface area contributed by atoms with Crippen LogP contribution < -0.4 is 10.3 Å². The molecule has 0 aliphatic heterocycles. The number of aromatic nitrogens is 2. The van der Waals surface area contributed by atoms with Crippen molar-refractivity contribution in [2.45, 2.75) is 38.2 Å². The first-order chi connectivity index (χ1) is 14.9. The maximum absolute atomic E-state index is 12.5. The summed E-state index contributed by atoms with van der Waals surface area (Å²) in [7, 11) is 1.69. The minimum absolute atomic E-state index is 0.0727. The number of nitrogens with one attached hydrogen (secondary N) is 1. The van der Waals surface area contributed by atoms with Crippen LogP contribution in [0, 0.1) is 0 Å². The first-order valence-corrected chi connectivity index (χ1v) is 11.8. The van der Waals surface area contributed by atoms with Gasteiger partial charge in [-0.3, -0.25) is 9.59 Å². The van der Waals surface area contributed by atoms with Crippen LogP contribution in [0.15, 0.2) is 29.1 Å². The molecule has 0 saturated carbocycles. The number of thiophene rings is 1. The lowest BCUT2D eigenvalue weighted by atomic mass is 10.2. The number of amides is 1. The average molecular weight is 466 g/mol. The molecule has 164 valence electrons. The number of halogens is 2. The van der Waals surface area contributed by atoms with E-state index in [1.165, 1.54) is 28.8 Å². The minimum atomic E-state index is -2.86. The van der Waals surface area contributed by atoms with Crippen molar-refractivity contribution >= 4 is 39.2 Å². The molecule has 0 saturated heterocycles. The van der Waals surface area contributed by atoms with Gasteiger partial charge in [0.15, 0.2) is 0 Å². The number of carbonyl (C=O) groups is 1. The average Bonchev–Trinajstić information content (AvgIpc) is 3.29. The molecule has 3 aromatic rings. The number of hydrogen-bond donors (Lipinski definition) is 1. The van der Waals surface area contributed by atoms with E-state index in [0.29, 0.717) is 18.1 Å². The maximum atomic E-state index is 12.5. The third-order valence-corrected chi connectivity index (χ3v) is 7.20. The van der Waals surface area contributed by atoms with Gasteiger partial charge < -0.3 is 14.6 Å². The van der Waals surface area contributed by atoms with Gasteiger partial charge in [0.2, 0.25) is 5.91 Å². The summed E-state index contributed by atoms with van der Waals surface area (Å²) in [6, 6.07) is 6.20. The first kappa shape index (κ1) is 21.8. The normalized spacial score (nSPS) is 13.0. The number of carbonyl (C=O) groups excluding carboxylic acids is 1. The summed E-state index contributed by atoms with van der Waals surface area (Å²) in [4.78, 5) is 36.0. The van der Waals surface area contributed by atoms with E-state index in [0.717, 1.165) is 40.6 Å². The van der Waals surface area contributed by atoms with Gasteiger partial charge in [0.05, 0.1) is 16.9 Å². The zero-order valence-electron chi connectivity index (χ0n) is 16.8. The predicted octanol–water partition coefficient (Wildman–Crippen LogP) is 3.97. The van der Waals surface area contributed by atoms with E-state index in [-0.39, 0.29) is 23.0 Å². The van der Waals surface area contributed by atoms with Crippen molar-refractivity contribution < 1.29 is 18.3 Å². The van der Waals surface area contributed by atoms with Crippen molar-refractivity contribution in [3.8, 4) is 5.75 Å². The fourth-order valence-corrected chi connectivity index (χ4v) is 5.71. The Hall–Kier alpha value is -2.46. The second kappa shape index (κ2) is 9.35. The lowest BCUT2D eigenvalue weighted by Gasteiger charge is -2.17. The number of rotatable bonds is 8. The number of aryl methyl sites for hydroxylation is 2. The lowest BCUT2D eigenvalue weighted by molar-refractivity contribution is -0.127. The molecule has 0 unspecified atom stereocenters. The number of fused-ring (bicyclic) bond motifs is 3. The molecule has 2 heterocycles. The summed E-state index contributed by atoms with van der Waals surface area (Å²) < 4.78 is 28.7. The molecule has 4 rings (SSSR count). The van der Waals surface area contributed by atoms with Crippen molar-refractivity contribution in [2.75, 3.05) is 12.8 Å². The zero-order chi connectivity index (χ0) is 22.0. The Balaban J connectivity index is 1.30. The Morgan fingerprint density at radius 1 is 1.32 bits per heavy atom. The van der Waals surface area contributed by atoms with Gasteiger partial charge >= 0.3 is 6.61 Å². The highest BCUT2D eigenvalue weighted by molar-refractivity contribution is 7.99. The minimum Gasteiger partial charge on any atom is -0.435 e. The van der Waals surface area contributed by atoms with E-state index < -0.39 is 6.61 Å². The molecule has 0 atom stereocenters. The molecule has 1 amide bonds. The van der Waals surface area contributed by atoms with Crippen molar-refractivity contribution in [2.24, 2.45) is 0 Å². The summed E-state index contributed by atoms with van der Waals surface area (Å²) >= 11 is 2.99. The van der Waals surface area contributed by atoms with Gasteiger partial charge in [-0.05, 0) is 42.5 Å². The number of nitrogens with zero attached hydrogens (tertiary/aromatic N) is 2. The predicted molar refractivity (Wildman–Crippen MR) is 118 cm³/mol. The molecule has 2 aromatic heterocycles. The van der Waals surface area contributed by atoms with Crippen LogP contribution in [0.5, 0.6) is 5.75 Å². The molecule has 6 nitrogen and oxygen atoms in total. The van der Waals surface area contributed by atoms with Crippen LogP contribution >= 0.6 is 23.1 Å². The van der Waals surface area contributed by atoms with Crippen LogP contribution in [-0.2, 0) is 29.9 Å². The number of alkyl halides is 2. The van der Waals surface area contributed by atoms with Gasteiger partial charge in [0.25, 0.3) is 5.56 Å². The molecular formula is C21H21F2N3O3S2. The van der Waals surface area contributed by atoms with Gasteiger partial charge in [-0.1, -0.05) is 12.1 Å². The van der Waals surface area contributed by atoms with Crippen molar-refractivity contribution in [3.63, 3.8) is 0 Å². The fourth-order valence-electron chi connectivity index (χ4n) is 3.60. The molecule has 1 aliphatic carbocycles. The second-order valence-electron chi connectivity index (χ2n) is 7.32. The zero-order valence-corrected chi connectivity index (χ0v) is 18.5. The maximum Gasteiger partial charge on any atom is 0.387 e. The van der Waals surface area contributed by atoms with Crippen molar-refractivity contribution in [1.82, 2.24) is 14.9 Å². The molecule has 0 bridgehead atoms. The van der Waals surface area contributed by atoms with Crippen LogP contribution in [0.3, 0.4) is 0 Å². The topological polar surface area (TPSA) is 75.3 Å².